The Morgan fingerprint density at radius 3 is 2.86 bits per heavy atom. The van der Waals surface area contributed by atoms with Crippen LogP contribution in [0.4, 0.5) is 0 Å². The van der Waals surface area contributed by atoms with Crippen molar-refractivity contribution in [1.29, 1.82) is 0 Å². The number of nitrogens with two attached hydrogens (primary N) is 1. The number of amides is 1. The van der Waals surface area contributed by atoms with Crippen LogP contribution in [0.1, 0.15) is 36.0 Å². The van der Waals surface area contributed by atoms with Crippen molar-refractivity contribution in [2.75, 3.05) is 26.3 Å². The van der Waals surface area contributed by atoms with Crippen molar-refractivity contribution >= 4 is 5.91 Å². The van der Waals surface area contributed by atoms with Gasteiger partial charge in [-0.05, 0) is 43.9 Å². The van der Waals surface area contributed by atoms with E-state index in [-0.39, 0.29) is 18.1 Å². The van der Waals surface area contributed by atoms with Gasteiger partial charge in [-0.1, -0.05) is 6.07 Å². The van der Waals surface area contributed by atoms with E-state index in [1.165, 1.54) is 0 Å². The molecule has 2 fully saturated rings. The first kappa shape index (κ1) is 15.3. The summed E-state index contributed by atoms with van der Waals surface area (Å²) in [4.78, 5) is 14.4. The second kappa shape index (κ2) is 7.11. The molecule has 0 radical (unpaired) electrons. The molecule has 1 aromatic rings. The minimum absolute atomic E-state index is 0.0643. The zero-order chi connectivity index (χ0) is 15.4. The number of ether oxygens (including phenoxy) is 2. The number of hydrogen-bond donors (Lipinski definition) is 1. The molecular weight excluding hydrogens is 280 g/mol. The highest BCUT2D eigenvalue weighted by Gasteiger charge is 2.22. The number of piperidine rings is 1. The molecule has 22 heavy (non-hydrogen) atoms. The van der Waals surface area contributed by atoms with Gasteiger partial charge in [0.1, 0.15) is 12.4 Å². The highest BCUT2D eigenvalue weighted by Crippen LogP contribution is 2.19. The molecule has 0 aliphatic carbocycles. The Morgan fingerprint density at radius 1 is 1.32 bits per heavy atom. The lowest BCUT2D eigenvalue weighted by molar-refractivity contribution is 0.0675. The summed E-state index contributed by atoms with van der Waals surface area (Å²) >= 11 is 0. The van der Waals surface area contributed by atoms with Crippen molar-refractivity contribution in [1.82, 2.24) is 4.90 Å². The van der Waals surface area contributed by atoms with Gasteiger partial charge in [0, 0.05) is 31.3 Å². The molecule has 5 nitrogen and oxygen atoms in total. The van der Waals surface area contributed by atoms with E-state index in [4.69, 9.17) is 15.2 Å². The molecule has 1 unspecified atom stereocenters. The van der Waals surface area contributed by atoms with Crippen LogP contribution in [0.25, 0.3) is 0 Å². The van der Waals surface area contributed by atoms with Gasteiger partial charge in [0.05, 0.1) is 6.10 Å². The lowest BCUT2D eigenvalue weighted by Gasteiger charge is -2.30. The van der Waals surface area contributed by atoms with Crippen LogP contribution in [0.3, 0.4) is 0 Å². The maximum absolute atomic E-state index is 12.5. The quantitative estimate of drug-likeness (QED) is 0.921. The number of nitrogens with zero attached hydrogens (tertiary/aromatic N) is 1. The predicted octanol–water partition coefficient (Wildman–Crippen LogP) is 1.81. The highest BCUT2D eigenvalue weighted by atomic mass is 16.5. The Labute approximate surface area is 131 Å². The van der Waals surface area contributed by atoms with Gasteiger partial charge in [-0.3, -0.25) is 4.79 Å². The summed E-state index contributed by atoms with van der Waals surface area (Å²) in [5.41, 5.74) is 6.57. The molecule has 1 amide bonds. The van der Waals surface area contributed by atoms with E-state index in [2.05, 4.69) is 0 Å². The molecule has 0 aromatic heterocycles. The Kier molecular flexibility index (Phi) is 4.95. The zero-order valence-electron chi connectivity index (χ0n) is 12.9. The van der Waals surface area contributed by atoms with Crippen LogP contribution in [-0.4, -0.2) is 49.3 Å². The molecule has 2 aliphatic heterocycles. The molecule has 0 spiro atoms. The van der Waals surface area contributed by atoms with E-state index >= 15 is 0 Å². The summed E-state index contributed by atoms with van der Waals surface area (Å²) in [7, 11) is 0. The van der Waals surface area contributed by atoms with Crippen molar-refractivity contribution < 1.29 is 14.3 Å². The number of hydrogen-bond acceptors (Lipinski definition) is 4. The Balaban J connectivity index is 1.59. The normalized spacial score (nSPS) is 22.8. The van der Waals surface area contributed by atoms with Crippen LogP contribution in [0.15, 0.2) is 24.3 Å². The highest BCUT2D eigenvalue weighted by molar-refractivity contribution is 5.94. The smallest absolute Gasteiger partial charge is 0.253 e. The number of benzene rings is 1. The Hall–Kier alpha value is -1.59. The molecule has 1 aromatic carbocycles. The lowest BCUT2D eigenvalue weighted by atomic mass is 10.0. The topological polar surface area (TPSA) is 64.8 Å². The number of carbonyl (C=O) groups excluding carboxylic acids is 1. The molecule has 2 N–H and O–H groups in total. The first-order valence-electron chi connectivity index (χ1n) is 8.12. The molecule has 0 saturated carbocycles. The summed E-state index contributed by atoms with van der Waals surface area (Å²) in [6, 6.07) is 7.65. The molecule has 3 rings (SSSR count). The van der Waals surface area contributed by atoms with Crippen molar-refractivity contribution in [3.63, 3.8) is 0 Å². The maximum Gasteiger partial charge on any atom is 0.253 e. The minimum Gasteiger partial charge on any atom is -0.491 e. The summed E-state index contributed by atoms with van der Waals surface area (Å²) in [5, 5.41) is 0. The summed E-state index contributed by atoms with van der Waals surface area (Å²) in [6.07, 6.45) is 4.08. The second-order valence-corrected chi connectivity index (χ2v) is 6.10. The molecule has 5 heteroatoms. The first-order chi connectivity index (χ1) is 10.7. The fourth-order valence-electron chi connectivity index (χ4n) is 2.97. The van der Waals surface area contributed by atoms with E-state index < -0.39 is 0 Å². The molecule has 0 bridgehead atoms. The summed E-state index contributed by atoms with van der Waals surface area (Å²) < 4.78 is 11.3. The monoisotopic (exact) mass is 304 g/mol. The van der Waals surface area contributed by atoms with Gasteiger partial charge in [0.25, 0.3) is 5.91 Å². The third-order valence-corrected chi connectivity index (χ3v) is 4.37. The van der Waals surface area contributed by atoms with Gasteiger partial charge in [0.2, 0.25) is 0 Å². The van der Waals surface area contributed by atoms with E-state index in [1.54, 1.807) is 0 Å². The third kappa shape index (κ3) is 3.78. The third-order valence-electron chi connectivity index (χ3n) is 4.37. The van der Waals surface area contributed by atoms with Crippen molar-refractivity contribution in [3.8, 4) is 5.75 Å². The molecule has 2 aliphatic rings. The van der Waals surface area contributed by atoms with E-state index in [9.17, 15) is 4.79 Å². The fraction of sp³-hybridized carbons (Fsp3) is 0.588. The number of carbonyl (C=O) groups is 1. The van der Waals surface area contributed by atoms with E-state index in [0.717, 1.165) is 51.1 Å². The van der Waals surface area contributed by atoms with Gasteiger partial charge in [-0.2, -0.15) is 0 Å². The van der Waals surface area contributed by atoms with Crippen LogP contribution >= 0.6 is 0 Å². The van der Waals surface area contributed by atoms with Crippen molar-refractivity contribution in [2.45, 2.75) is 37.8 Å². The number of likely N-dealkylation sites (tertiary alicyclic amines) is 1. The molecule has 2 heterocycles. The van der Waals surface area contributed by atoms with Crippen LogP contribution in [0.2, 0.25) is 0 Å². The van der Waals surface area contributed by atoms with Gasteiger partial charge in [0.15, 0.2) is 0 Å². The van der Waals surface area contributed by atoms with Gasteiger partial charge in [-0.25, -0.2) is 0 Å². The molecule has 2 saturated heterocycles. The average Bonchev–Trinajstić information content (AvgIpc) is 3.07. The van der Waals surface area contributed by atoms with Gasteiger partial charge < -0.3 is 20.1 Å². The Bertz CT molecular complexity index is 506. The van der Waals surface area contributed by atoms with Crippen molar-refractivity contribution in [3.05, 3.63) is 29.8 Å². The lowest BCUT2D eigenvalue weighted by Crippen LogP contribution is -2.42. The predicted molar refractivity (Wildman–Crippen MR) is 84.0 cm³/mol. The molecule has 1 atom stereocenters. The summed E-state index contributed by atoms with van der Waals surface area (Å²) in [5.74, 6) is 0.796. The SMILES string of the molecule is NC1CCN(C(=O)c2cccc(OCC3CCCO3)c2)CC1. The zero-order valence-corrected chi connectivity index (χ0v) is 12.9. The Morgan fingerprint density at radius 2 is 2.14 bits per heavy atom. The van der Waals surface area contributed by atoms with Crippen LogP contribution in [0.5, 0.6) is 5.75 Å². The number of rotatable bonds is 4. The largest absolute Gasteiger partial charge is 0.491 e. The minimum atomic E-state index is 0.0643. The van der Waals surface area contributed by atoms with Crippen LogP contribution in [0, 0.1) is 0 Å². The first-order valence-corrected chi connectivity index (χ1v) is 8.12. The van der Waals surface area contributed by atoms with Gasteiger partial charge in [-0.15, -0.1) is 0 Å². The maximum atomic E-state index is 12.5. The average molecular weight is 304 g/mol. The van der Waals surface area contributed by atoms with E-state index in [1.807, 2.05) is 29.2 Å². The fourth-order valence-corrected chi connectivity index (χ4v) is 2.97. The molecular formula is C17H24N2O3. The second-order valence-electron chi connectivity index (χ2n) is 6.10. The van der Waals surface area contributed by atoms with Crippen molar-refractivity contribution in [2.24, 2.45) is 5.73 Å². The summed E-state index contributed by atoms with van der Waals surface area (Å²) in [6.45, 7) is 2.85. The van der Waals surface area contributed by atoms with Crippen LogP contribution < -0.4 is 10.5 Å². The van der Waals surface area contributed by atoms with Gasteiger partial charge >= 0.3 is 0 Å². The standard InChI is InChI=1S/C17H24N2O3/c18-14-6-8-19(9-7-14)17(20)13-3-1-4-15(11-13)22-12-16-5-2-10-21-16/h1,3-4,11,14,16H,2,5-10,12,18H2. The molecule has 120 valence electrons. The van der Waals surface area contributed by atoms with E-state index in [0.29, 0.717) is 12.2 Å². The van der Waals surface area contributed by atoms with Crippen LogP contribution in [-0.2, 0) is 4.74 Å².